The Morgan fingerprint density at radius 2 is 1.95 bits per heavy atom. The Morgan fingerprint density at radius 1 is 1.26 bits per heavy atom. The van der Waals surface area contributed by atoms with Crippen LogP contribution in [0.2, 0.25) is 0 Å². The third kappa shape index (κ3) is 3.52. The van der Waals surface area contributed by atoms with Crippen LogP contribution in [-0.2, 0) is 0 Å². The lowest BCUT2D eigenvalue weighted by Gasteiger charge is -2.28. The van der Waals surface area contributed by atoms with E-state index < -0.39 is 17.5 Å². The fraction of sp³-hybridized carbons (Fsp3) is 0.533. The number of benzene rings is 1. The number of rotatable bonds is 3. The molecule has 0 heterocycles. The SMILES string of the molecule is CCC1CCC(NC(=O)c2ccc(F)cc2F)CC1. The van der Waals surface area contributed by atoms with Gasteiger partial charge in [-0.25, -0.2) is 8.78 Å². The summed E-state index contributed by atoms with van der Waals surface area (Å²) in [5, 5.41) is 2.84. The van der Waals surface area contributed by atoms with Crippen molar-refractivity contribution < 1.29 is 13.6 Å². The predicted molar refractivity (Wildman–Crippen MR) is 69.9 cm³/mol. The maximum Gasteiger partial charge on any atom is 0.254 e. The van der Waals surface area contributed by atoms with E-state index in [1.807, 2.05) is 0 Å². The van der Waals surface area contributed by atoms with Crippen LogP contribution in [0, 0.1) is 17.6 Å². The van der Waals surface area contributed by atoms with E-state index >= 15 is 0 Å². The van der Waals surface area contributed by atoms with Crippen LogP contribution in [0.1, 0.15) is 49.4 Å². The van der Waals surface area contributed by atoms with Crippen LogP contribution in [0.5, 0.6) is 0 Å². The summed E-state index contributed by atoms with van der Waals surface area (Å²) in [6, 6.07) is 3.15. The summed E-state index contributed by atoms with van der Waals surface area (Å²) in [7, 11) is 0. The van der Waals surface area contributed by atoms with Gasteiger partial charge in [-0.1, -0.05) is 13.3 Å². The third-order valence-corrected chi connectivity index (χ3v) is 3.94. The van der Waals surface area contributed by atoms with Crippen LogP contribution in [0.4, 0.5) is 8.78 Å². The molecule has 0 unspecified atom stereocenters. The molecule has 1 aromatic carbocycles. The number of amides is 1. The Hall–Kier alpha value is -1.45. The molecule has 1 aliphatic rings. The van der Waals surface area contributed by atoms with Gasteiger partial charge in [-0.2, -0.15) is 0 Å². The molecule has 1 fully saturated rings. The second kappa shape index (κ2) is 6.13. The minimum atomic E-state index is -0.806. The van der Waals surface area contributed by atoms with Crippen molar-refractivity contribution in [1.82, 2.24) is 5.32 Å². The second-order valence-electron chi connectivity index (χ2n) is 5.22. The Labute approximate surface area is 112 Å². The topological polar surface area (TPSA) is 29.1 Å². The first-order chi connectivity index (χ1) is 9.10. The van der Waals surface area contributed by atoms with Crippen LogP contribution < -0.4 is 5.32 Å². The van der Waals surface area contributed by atoms with E-state index in [-0.39, 0.29) is 11.6 Å². The minimum Gasteiger partial charge on any atom is -0.349 e. The van der Waals surface area contributed by atoms with E-state index in [2.05, 4.69) is 12.2 Å². The van der Waals surface area contributed by atoms with E-state index in [4.69, 9.17) is 0 Å². The van der Waals surface area contributed by atoms with Crippen molar-refractivity contribution in [2.24, 2.45) is 5.92 Å². The number of halogens is 2. The molecule has 19 heavy (non-hydrogen) atoms. The van der Waals surface area contributed by atoms with Crippen LogP contribution in [-0.4, -0.2) is 11.9 Å². The zero-order valence-corrected chi connectivity index (χ0v) is 11.1. The van der Waals surface area contributed by atoms with Crippen molar-refractivity contribution in [1.29, 1.82) is 0 Å². The van der Waals surface area contributed by atoms with Crippen LogP contribution in [0.25, 0.3) is 0 Å². The number of hydrogen-bond donors (Lipinski definition) is 1. The summed E-state index contributed by atoms with van der Waals surface area (Å²) in [5.41, 5.74) is -0.0842. The lowest BCUT2D eigenvalue weighted by atomic mass is 9.84. The summed E-state index contributed by atoms with van der Waals surface area (Å²) < 4.78 is 26.3. The standard InChI is InChI=1S/C15H19F2NO/c1-2-10-3-6-12(7-4-10)18-15(19)13-8-5-11(16)9-14(13)17/h5,8-10,12H,2-4,6-7H2,1H3,(H,18,19). The lowest BCUT2D eigenvalue weighted by molar-refractivity contribution is 0.0917. The summed E-state index contributed by atoms with van der Waals surface area (Å²) in [5.74, 6) is -1.18. The molecule has 4 heteroatoms. The summed E-state index contributed by atoms with van der Waals surface area (Å²) in [6.07, 6.45) is 5.26. The molecule has 1 amide bonds. The van der Waals surface area contributed by atoms with Gasteiger partial charge < -0.3 is 5.32 Å². The molecule has 0 aliphatic heterocycles. The first kappa shape index (κ1) is 14.0. The molecule has 0 radical (unpaired) electrons. The highest BCUT2D eigenvalue weighted by Gasteiger charge is 2.22. The zero-order chi connectivity index (χ0) is 13.8. The van der Waals surface area contributed by atoms with Crippen molar-refractivity contribution in [3.63, 3.8) is 0 Å². The molecule has 0 bridgehead atoms. The monoisotopic (exact) mass is 267 g/mol. The molecule has 0 saturated heterocycles. The van der Waals surface area contributed by atoms with Crippen LogP contribution in [0.3, 0.4) is 0 Å². The van der Waals surface area contributed by atoms with E-state index in [0.717, 1.165) is 43.7 Å². The fourth-order valence-corrected chi connectivity index (χ4v) is 2.65. The third-order valence-electron chi connectivity index (χ3n) is 3.94. The quantitative estimate of drug-likeness (QED) is 0.889. The van der Waals surface area contributed by atoms with Gasteiger partial charge in [0.25, 0.3) is 5.91 Å². The highest BCUT2D eigenvalue weighted by atomic mass is 19.1. The summed E-state index contributed by atoms with van der Waals surface area (Å²) in [6.45, 7) is 2.18. The molecule has 0 spiro atoms. The van der Waals surface area contributed by atoms with E-state index in [1.165, 1.54) is 12.5 Å². The van der Waals surface area contributed by atoms with Gasteiger partial charge in [0.2, 0.25) is 0 Å². The molecule has 2 rings (SSSR count). The second-order valence-corrected chi connectivity index (χ2v) is 5.22. The molecule has 1 saturated carbocycles. The van der Waals surface area contributed by atoms with Crippen molar-refractivity contribution >= 4 is 5.91 Å². The zero-order valence-electron chi connectivity index (χ0n) is 11.1. The highest BCUT2D eigenvalue weighted by Crippen LogP contribution is 2.26. The molecule has 104 valence electrons. The molecule has 1 aromatic rings. The molecular formula is C15H19F2NO. The normalized spacial score (nSPS) is 23.1. The van der Waals surface area contributed by atoms with Gasteiger partial charge in [0.15, 0.2) is 0 Å². The van der Waals surface area contributed by atoms with Crippen LogP contribution in [0.15, 0.2) is 18.2 Å². The number of hydrogen-bond acceptors (Lipinski definition) is 1. The number of carbonyl (C=O) groups excluding carboxylic acids is 1. The summed E-state index contributed by atoms with van der Waals surface area (Å²) >= 11 is 0. The molecule has 2 nitrogen and oxygen atoms in total. The van der Waals surface area contributed by atoms with Crippen molar-refractivity contribution in [3.05, 3.63) is 35.4 Å². The Bertz CT molecular complexity index is 453. The maximum absolute atomic E-state index is 13.5. The first-order valence-corrected chi connectivity index (χ1v) is 6.86. The summed E-state index contributed by atoms with van der Waals surface area (Å²) in [4.78, 5) is 11.9. The molecular weight excluding hydrogens is 248 g/mol. The molecule has 0 atom stereocenters. The average Bonchev–Trinajstić information content (AvgIpc) is 2.39. The molecule has 1 N–H and O–H groups in total. The van der Waals surface area contributed by atoms with Gasteiger partial charge in [-0.15, -0.1) is 0 Å². The van der Waals surface area contributed by atoms with Gasteiger partial charge in [-0.05, 0) is 43.7 Å². The van der Waals surface area contributed by atoms with Gasteiger partial charge in [-0.3, -0.25) is 4.79 Å². The Kier molecular flexibility index (Phi) is 4.51. The van der Waals surface area contributed by atoms with Gasteiger partial charge in [0.05, 0.1) is 5.56 Å². The van der Waals surface area contributed by atoms with Gasteiger partial charge >= 0.3 is 0 Å². The Balaban J connectivity index is 1.94. The smallest absolute Gasteiger partial charge is 0.254 e. The van der Waals surface area contributed by atoms with E-state index in [9.17, 15) is 13.6 Å². The van der Waals surface area contributed by atoms with Crippen molar-refractivity contribution in [2.45, 2.75) is 45.1 Å². The molecule has 0 aromatic heterocycles. The largest absolute Gasteiger partial charge is 0.349 e. The lowest BCUT2D eigenvalue weighted by Crippen LogP contribution is -2.38. The van der Waals surface area contributed by atoms with Gasteiger partial charge in [0.1, 0.15) is 11.6 Å². The van der Waals surface area contributed by atoms with E-state index in [0.29, 0.717) is 0 Å². The van der Waals surface area contributed by atoms with Crippen molar-refractivity contribution in [3.8, 4) is 0 Å². The van der Waals surface area contributed by atoms with E-state index in [1.54, 1.807) is 0 Å². The van der Waals surface area contributed by atoms with Gasteiger partial charge in [0, 0.05) is 12.1 Å². The van der Waals surface area contributed by atoms with Crippen LogP contribution >= 0.6 is 0 Å². The number of carbonyl (C=O) groups is 1. The van der Waals surface area contributed by atoms with Crippen molar-refractivity contribution in [2.75, 3.05) is 0 Å². The fourth-order valence-electron chi connectivity index (χ4n) is 2.65. The average molecular weight is 267 g/mol. The molecule has 1 aliphatic carbocycles. The Morgan fingerprint density at radius 3 is 2.53 bits per heavy atom. The minimum absolute atomic E-state index is 0.0842. The maximum atomic E-state index is 13.5. The number of nitrogens with one attached hydrogen (secondary N) is 1. The predicted octanol–water partition coefficient (Wildman–Crippen LogP) is 3.66. The first-order valence-electron chi connectivity index (χ1n) is 6.86. The highest BCUT2D eigenvalue weighted by molar-refractivity contribution is 5.94.